The number of aliphatic carboxylic acids is 1. The van der Waals surface area contributed by atoms with E-state index in [0.717, 1.165) is 18.2 Å². The summed E-state index contributed by atoms with van der Waals surface area (Å²) in [6, 6.07) is 2.81. The molecule has 9 nitrogen and oxygen atoms in total. The molecule has 1 aromatic carbocycles. The van der Waals surface area contributed by atoms with Crippen LogP contribution in [0.15, 0.2) is 29.2 Å². The van der Waals surface area contributed by atoms with Crippen LogP contribution in [-0.2, 0) is 19.6 Å². The van der Waals surface area contributed by atoms with E-state index < -0.39 is 37.5 Å². The number of nitrogens with one attached hydrogen (secondary N) is 1. The summed E-state index contributed by atoms with van der Waals surface area (Å²) in [4.78, 5) is 20.3. The third-order valence-corrected chi connectivity index (χ3v) is 3.74. The lowest BCUT2D eigenvalue weighted by atomic mass is 10.3. The second kappa shape index (κ2) is 6.41. The minimum atomic E-state index is -4.20. The smallest absolute Gasteiger partial charge is 0.324 e. The minimum Gasteiger partial charge on any atom is -0.480 e. The van der Waals surface area contributed by atoms with Crippen LogP contribution in [0.2, 0.25) is 0 Å². The second-order valence-electron chi connectivity index (χ2n) is 3.72. The van der Waals surface area contributed by atoms with Crippen LogP contribution in [0.5, 0.6) is 0 Å². The van der Waals surface area contributed by atoms with E-state index in [2.05, 4.69) is 4.74 Å². The molecule has 0 saturated heterocycles. The highest BCUT2D eigenvalue weighted by molar-refractivity contribution is 7.89. The fourth-order valence-electron chi connectivity index (χ4n) is 1.34. The Bertz CT molecular complexity index is 614. The molecule has 0 amide bonds. The van der Waals surface area contributed by atoms with Crippen molar-refractivity contribution in [2.24, 2.45) is 0 Å². The molecule has 0 saturated carbocycles. The average Bonchev–Trinajstić information content (AvgIpc) is 2.38. The number of rotatable bonds is 7. The van der Waals surface area contributed by atoms with Gasteiger partial charge in [-0.2, -0.15) is 4.72 Å². The van der Waals surface area contributed by atoms with Gasteiger partial charge in [0.15, 0.2) is 0 Å². The zero-order valence-electron chi connectivity index (χ0n) is 10.3. The van der Waals surface area contributed by atoms with Crippen molar-refractivity contribution >= 4 is 21.7 Å². The van der Waals surface area contributed by atoms with Gasteiger partial charge in [-0.05, 0) is 6.07 Å². The van der Waals surface area contributed by atoms with Crippen molar-refractivity contribution in [3.05, 3.63) is 34.4 Å². The Morgan fingerprint density at radius 3 is 2.70 bits per heavy atom. The predicted molar refractivity (Wildman–Crippen MR) is 66.7 cm³/mol. The fourth-order valence-corrected chi connectivity index (χ4v) is 2.56. The number of benzene rings is 1. The topological polar surface area (TPSA) is 136 Å². The summed E-state index contributed by atoms with van der Waals surface area (Å²) in [5.41, 5.74) is -0.411. The molecule has 0 aromatic heterocycles. The minimum absolute atomic E-state index is 0.372. The highest BCUT2D eigenvalue weighted by Gasteiger charge is 2.26. The largest absolute Gasteiger partial charge is 0.480 e. The normalized spacial score (nSPS) is 12.8. The van der Waals surface area contributed by atoms with Crippen molar-refractivity contribution < 1.29 is 28.0 Å². The number of carbonyl (C=O) groups is 1. The number of carboxylic acid groups (broad SMARTS) is 1. The summed E-state index contributed by atoms with van der Waals surface area (Å²) in [6.45, 7) is -0.372. The summed E-state index contributed by atoms with van der Waals surface area (Å²) in [6.07, 6.45) is 0. The van der Waals surface area contributed by atoms with Crippen LogP contribution in [0.1, 0.15) is 0 Å². The van der Waals surface area contributed by atoms with Gasteiger partial charge in [-0.3, -0.25) is 14.9 Å². The number of carboxylic acids is 1. The molecule has 0 aliphatic carbocycles. The Kier molecular flexibility index (Phi) is 5.13. The Morgan fingerprint density at radius 2 is 2.20 bits per heavy atom. The highest BCUT2D eigenvalue weighted by atomic mass is 32.2. The van der Waals surface area contributed by atoms with E-state index in [1.165, 1.54) is 13.2 Å². The van der Waals surface area contributed by atoms with E-state index in [4.69, 9.17) is 5.11 Å². The molecule has 10 heteroatoms. The first kappa shape index (κ1) is 16.0. The average molecular weight is 304 g/mol. The summed E-state index contributed by atoms with van der Waals surface area (Å²) < 4.78 is 30.4. The molecule has 0 heterocycles. The van der Waals surface area contributed by atoms with Gasteiger partial charge >= 0.3 is 5.97 Å². The maximum atomic E-state index is 11.9. The zero-order valence-corrected chi connectivity index (χ0v) is 11.2. The molecular weight excluding hydrogens is 292 g/mol. The molecular formula is C10H12N2O7S. The molecule has 1 aromatic rings. The first-order valence-corrected chi connectivity index (χ1v) is 6.75. The number of non-ortho nitro benzene ring substituents is 1. The molecule has 2 N–H and O–H groups in total. The molecule has 0 spiro atoms. The highest BCUT2D eigenvalue weighted by Crippen LogP contribution is 2.17. The van der Waals surface area contributed by atoms with Crippen molar-refractivity contribution in [1.29, 1.82) is 0 Å². The van der Waals surface area contributed by atoms with Crippen LogP contribution in [-0.4, -0.2) is 44.2 Å². The molecule has 1 unspecified atom stereocenters. The van der Waals surface area contributed by atoms with Gasteiger partial charge in [-0.15, -0.1) is 0 Å². The van der Waals surface area contributed by atoms with Gasteiger partial charge < -0.3 is 9.84 Å². The van der Waals surface area contributed by atoms with Crippen LogP contribution in [0.3, 0.4) is 0 Å². The molecule has 0 aliphatic heterocycles. The van der Waals surface area contributed by atoms with Crippen molar-refractivity contribution in [3.8, 4) is 0 Å². The lowest BCUT2D eigenvalue weighted by Crippen LogP contribution is -2.43. The van der Waals surface area contributed by atoms with E-state index in [1.807, 2.05) is 4.72 Å². The van der Waals surface area contributed by atoms with E-state index in [9.17, 15) is 23.3 Å². The molecule has 1 rings (SSSR count). The Morgan fingerprint density at radius 1 is 1.55 bits per heavy atom. The number of hydrogen-bond donors (Lipinski definition) is 2. The first-order chi connectivity index (χ1) is 9.27. The van der Waals surface area contributed by atoms with Crippen molar-refractivity contribution in [3.63, 3.8) is 0 Å². The Hall–Kier alpha value is -2.04. The van der Waals surface area contributed by atoms with Crippen LogP contribution in [0.25, 0.3) is 0 Å². The molecule has 0 bridgehead atoms. The SMILES string of the molecule is COCC(NS(=O)(=O)c1cccc([N+](=O)[O-])c1)C(=O)O. The quantitative estimate of drug-likeness (QED) is 0.533. The molecule has 0 radical (unpaired) electrons. The fraction of sp³-hybridized carbons (Fsp3) is 0.300. The van der Waals surface area contributed by atoms with E-state index >= 15 is 0 Å². The summed E-state index contributed by atoms with van der Waals surface area (Å²) >= 11 is 0. The summed E-state index contributed by atoms with van der Waals surface area (Å²) in [7, 11) is -2.98. The lowest BCUT2D eigenvalue weighted by molar-refractivity contribution is -0.385. The van der Waals surface area contributed by atoms with Crippen molar-refractivity contribution in [1.82, 2.24) is 4.72 Å². The number of nitrogens with zero attached hydrogens (tertiary/aromatic N) is 1. The van der Waals surface area contributed by atoms with Crippen molar-refractivity contribution in [2.75, 3.05) is 13.7 Å². The predicted octanol–water partition coefficient (Wildman–Crippen LogP) is -0.0273. The van der Waals surface area contributed by atoms with Crippen molar-refractivity contribution in [2.45, 2.75) is 10.9 Å². The standard InChI is InChI=1S/C10H12N2O7S/c1-19-6-9(10(13)14)11-20(17,18)8-4-2-3-7(5-8)12(15)16/h2-5,9,11H,6H2,1H3,(H,13,14). The summed E-state index contributed by atoms with van der Waals surface area (Å²) in [5.74, 6) is -1.42. The number of nitro groups is 1. The van der Waals surface area contributed by atoms with E-state index in [-0.39, 0.29) is 6.61 Å². The maximum absolute atomic E-state index is 11.9. The molecule has 110 valence electrons. The second-order valence-corrected chi connectivity index (χ2v) is 5.44. The summed E-state index contributed by atoms with van der Waals surface area (Å²) in [5, 5.41) is 19.4. The third-order valence-electron chi connectivity index (χ3n) is 2.27. The van der Waals surface area contributed by atoms with Crippen LogP contribution >= 0.6 is 0 Å². The van der Waals surface area contributed by atoms with Crippen LogP contribution in [0, 0.1) is 10.1 Å². The van der Waals surface area contributed by atoms with Gasteiger partial charge in [0.1, 0.15) is 6.04 Å². The van der Waals surface area contributed by atoms with Gasteiger partial charge in [0, 0.05) is 19.2 Å². The number of sulfonamides is 1. The number of hydrogen-bond acceptors (Lipinski definition) is 6. The number of nitro benzene ring substituents is 1. The van der Waals surface area contributed by atoms with Gasteiger partial charge in [-0.25, -0.2) is 8.42 Å². The van der Waals surface area contributed by atoms with Gasteiger partial charge in [-0.1, -0.05) is 6.07 Å². The monoisotopic (exact) mass is 304 g/mol. The van der Waals surface area contributed by atoms with E-state index in [0.29, 0.717) is 0 Å². The Labute approximate surface area is 114 Å². The van der Waals surface area contributed by atoms with Crippen LogP contribution < -0.4 is 4.72 Å². The molecule has 0 fully saturated rings. The first-order valence-electron chi connectivity index (χ1n) is 5.26. The van der Waals surface area contributed by atoms with Gasteiger partial charge in [0.25, 0.3) is 5.69 Å². The third kappa shape index (κ3) is 3.98. The zero-order chi connectivity index (χ0) is 15.3. The van der Waals surface area contributed by atoms with Gasteiger partial charge in [0.05, 0.1) is 16.4 Å². The molecule has 0 aliphatic rings. The molecule has 1 atom stereocenters. The van der Waals surface area contributed by atoms with Gasteiger partial charge in [0.2, 0.25) is 10.0 Å². The number of ether oxygens (including phenoxy) is 1. The lowest BCUT2D eigenvalue weighted by Gasteiger charge is -2.13. The number of methoxy groups -OCH3 is 1. The molecule has 20 heavy (non-hydrogen) atoms. The Balaban J connectivity index is 3.07. The maximum Gasteiger partial charge on any atom is 0.324 e. The van der Waals surface area contributed by atoms with Crippen LogP contribution in [0.4, 0.5) is 5.69 Å². The van der Waals surface area contributed by atoms with E-state index in [1.54, 1.807) is 0 Å².